The SMILES string of the molecule is N#CC(CN1CCN2CCCC2C1)C(F)(F)F. The highest BCUT2D eigenvalue weighted by Gasteiger charge is 2.42. The predicted octanol–water partition coefficient (Wildman–Crippen LogP) is 1.47. The molecule has 2 rings (SSSR count). The first-order valence-electron chi connectivity index (χ1n) is 5.93. The molecule has 0 spiro atoms. The smallest absolute Gasteiger partial charge is 0.299 e. The molecule has 2 saturated heterocycles. The van der Waals surface area contributed by atoms with Crippen LogP contribution in [0.1, 0.15) is 12.8 Å². The molecule has 2 atom stereocenters. The molecule has 0 saturated carbocycles. The number of halogens is 3. The van der Waals surface area contributed by atoms with Gasteiger partial charge in [-0.15, -0.1) is 0 Å². The summed E-state index contributed by atoms with van der Waals surface area (Å²) in [5.74, 6) is -1.85. The van der Waals surface area contributed by atoms with Crippen molar-refractivity contribution in [1.29, 1.82) is 5.26 Å². The topological polar surface area (TPSA) is 30.3 Å². The number of alkyl halides is 3. The number of hydrogen-bond donors (Lipinski definition) is 0. The zero-order chi connectivity index (χ0) is 12.5. The Morgan fingerprint density at radius 1 is 1.29 bits per heavy atom. The summed E-state index contributed by atoms with van der Waals surface area (Å²) in [5.41, 5.74) is 0. The first-order chi connectivity index (χ1) is 8.00. The summed E-state index contributed by atoms with van der Waals surface area (Å²) < 4.78 is 37.5. The minimum atomic E-state index is -4.40. The zero-order valence-electron chi connectivity index (χ0n) is 9.58. The molecule has 6 heteroatoms. The summed E-state index contributed by atoms with van der Waals surface area (Å²) in [5, 5.41) is 8.57. The Kier molecular flexibility index (Phi) is 3.59. The molecule has 3 nitrogen and oxygen atoms in total. The highest BCUT2D eigenvalue weighted by atomic mass is 19.4. The number of fused-ring (bicyclic) bond motifs is 1. The van der Waals surface area contributed by atoms with E-state index in [0.29, 0.717) is 19.1 Å². The Labute approximate surface area is 98.8 Å². The van der Waals surface area contributed by atoms with E-state index < -0.39 is 12.1 Å². The molecule has 2 heterocycles. The van der Waals surface area contributed by atoms with Gasteiger partial charge in [-0.3, -0.25) is 9.80 Å². The van der Waals surface area contributed by atoms with Gasteiger partial charge in [-0.1, -0.05) is 0 Å². The number of rotatable bonds is 2. The third-order valence-corrected chi connectivity index (χ3v) is 3.66. The van der Waals surface area contributed by atoms with Gasteiger partial charge in [0.1, 0.15) is 0 Å². The Balaban J connectivity index is 1.89. The lowest BCUT2D eigenvalue weighted by Crippen LogP contribution is -2.52. The van der Waals surface area contributed by atoms with Crippen molar-refractivity contribution in [2.75, 3.05) is 32.7 Å². The maximum Gasteiger partial charge on any atom is 0.405 e. The van der Waals surface area contributed by atoms with E-state index in [0.717, 1.165) is 25.9 Å². The van der Waals surface area contributed by atoms with Crippen LogP contribution in [0.4, 0.5) is 13.2 Å². The summed E-state index contributed by atoms with van der Waals surface area (Å²) in [7, 11) is 0. The molecule has 0 aliphatic carbocycles. The van der Waals surface area contributed by atoms with E-state index in [4.69, 9.17) is 5.26 Å². The molecule has 96 valence electrons. The average Bonchev–Trinajstić information content (AvgIpc) is 2.71. The van der Waals surface area contributed by atoms with Crippen LogP contribution in [0.15, 0.2) is 0 Å². The van der Waals surface area contributed by atoms with Crippen LogP contribution < -0.4 is 0 Å². The Morgan fingerprint density at radius 3 is 2.71 bits per heavy atom. The third-order valence-electron chi connectivity index (χ3n) is 3.66. The van der Waals surface area contributed by atoms with Crippen LogP contribution in [0, 0.1) is 17.2 Å². The Morgan fingerprint density at radius 2 is 2.06 bits per heavy atom. The summed E-state index contributed by atoms with van der Waals surface area (Å²) in [4.78, 5) is 4.12. The van der Waals surface area contributed by atoms with Crippen LogP contribution in [0.5, 0.6) is 0 Å². The lowest BCUT2D eigenvalue weighted by atomic mass is 10.1. The number of piperazine rings is 1. The monoisotopic (exact) mass is 247 g/mol. The van der Waals surface area contributed by atoms with Crippen molar-refractivity contribution < 1.29 is 13.2 Å². The van der Waals surface area contributed by atoms with E-state index in [9.17, 15) is 13.2 Å². The molecule has 0 aromatic heterocycles. The van der Waals surface area contributed by atoms with Gasteiger partial charge >= 0.3 is 6.18 Å². The molecule has 2 unspecified atom stereocenters. The molecular formula is C11H16F3N3. The summed E-state index contributed by atoms with van der Waals surface area (Å²) in [6.07, 6.45) is -2.19. The maximum absolute atomic E-state index is 12.5. The van der Waals surface area contributed by atoms with Crippen molar-refractivity contribution in [3.63, 3.8) is 0 Å². The Bertz CT molecular complexity index is 310. The quantitative estimate of drug-likeness (QED) is 0.740. The van der Waals surface area contributed by atoms with Gasteiger partial charge in [-0.2, -0.15) is 18.4 Å². The molecule has 0 aromatic carbocycles. The fourth-order valence-corrected chi connectivity index (χ4v) is 2.70. The van der Waals surface area contributed by atoms with Crippen LogP contribution in [0.3, 0.4) is 0 Å². The summed E-state index contributed by atoms with van der Waals surface area (Å²) in [6.45, 7) is 3.05. The number of nitrogens with zero attached hydrogens (tertiary/aromatic N) is 3. The van der Waals surface area contributed by atoms with Crippen LogP contribution >= 0.6 is 0 Å². The van der Waals surface area contributed by atoms with Crippen LogP contribution in [0.25, 0.3) is 0 Å². The lowest BCUT2D eigenvalue weighted by Gasteiger charge is -2.38. The molecule has 2 aliphatic heterocycles. The van der Waals surface area contributed by atoms with Crippen molar-refractivity contribution >= 4 is 0 Å². The molecule has 0 radical (unpaired) electrons. The maximum atomic E-state index is 12.5. The molecule has 0 aromatic rings. The predicted molar refractivity (Wildman–Crippen MR) is 56.2 cm³/mol. The van der Waals surface area contributed by atoms with Crippen LogP contribution in [0.2, 0.25) is 0 Å². The molecule has 0 amide bonds. The molecule has 17 heavy (non-hydrogen) atoms. The minimum Gasteiger partial charge on any atom is -0.299 e. The first-order valence-corrected chi connectivity index (χ1v) is 5.93. The van der Waals surface area contributed by atoms with Crippen molar-refractivity contribution in [3.05, 3.63) is 0 Å². The fraction of sp³-hybridized carbons (Fsp3) is 0.909. The van der Waals surface area contributed by atoms with E-state index in [-0.39, 0.29) is 6.54 Å². The van der Waals surface area contributed by atoms with E-state index in [1.54, 1.807) is 4.90 Å². The van der Waals surface area contributed by atoms with Gasteiger partial charge in [-0.25, -0.2) is 0 Å². The van der Waals surface area contributed by atoms with Crippen molar-refractivity contribution in [1.82, 2.24) is 9.80 Å². The van der Waals surface area contributed by atoms with Gasteiger partial charge in [0.05, 0.1) is 6.07 Å². The molecule has 2 aliphatic rings. The van der Waals surface area contributed by atoms with Crippen LogP contribution in [-0.4, -0.2) is 54.7 Å². The second-order valence-electron chi connectivity index (χ2n) is 4.81. The standard InChI is InChI=1S/C11H16F3N3/c12-11(13,14)9(6-15)7-16-4-5-17-3-1-2-10(17)8-16/h9-10H,1-5,7-8H2. The van der Waals surface area contributed by atoms with Crippen molar-refractivity contribution in [3.8, 4) is 6.07 Å². The molecular weight excluding hydrogens is 231 g/mol. The van der Waals surface area contributed by atoms with E-state index in [1.807, 2.05) is 0 Å². The fourth-order valence-electron chi connectivity index (χ4n) is 2.70. The molecule has 0 bridgehead atoms. The van der Waals surface area contributed by atoms with Gasteiger partial charge in [0.2, 0.25) is 0 Å². The van der Waals surface area contributed by atoms with Gasteiger partial charge < -0.3 is 0 Å². The number of hydrogen-bond acceptors (Lipinski definition) is 3. The highest BCUT2D eigenvalue weighted by molar-refractivity contribution is 4.94. The lowest BCUT2D eigenvalue weighted by molar-refractivity contribution is -0.164. The van der Waals surface area contributed by atoms with Gasteiger partial charge in [-0.05, 0) is 19.4 Å². The highest BCUT2D eigenvalue weighted by Crippen LogP contribution is 2.28. The van der Waals surface area contributed by atoms with Crippen LogP contribution in [-0.2, 0) is 0 Å². The summed E-state index contributed by atoms with van der Waals surface area (Å²) >= 11 is 0. The molecule has 2 fully saturated rings. The number of nitriles is 1. The minimum absolute atomic E-state index is 0.176. The van der Waals surface area contributed by atoms with E-state index in [2.05, 4.69) is 4.90 Å². The van der Waals surface area contributed by atoms with Gasteiger partial charge in [0.15, 0.2) is 5.92 Å². The second-order valence-corrected chi connectivity index (χ2v) is 4.81. The Hall–Kier alpha value is -0.800. The zero-order valence-corrected chi connectivity index (χ0v) is 9.58. The third kappa shape index (κ3) is 2.90. The largest absolute Gasteiger partial charge is 0.405 e. The van der Waals surface area contributed by atoms with E-state index in [1.165, 1.54) is 6.07 Å². The van der Waals surface area contributed by atoms with E-state index >= 15 is 0 Å². The summed E-state index contributed by atoms with van der Waals surface area (Å²) in [6, 6.07) is 1.77. The van der Waals surface area contributed by atoms with Crippen molar-refractivity contribution in [2.45, 2.75) is 25.1 Å². The van der Waals surface area contributed by atoms with Gasteiger partial charge in [0, 0.05) is 32.2 Å². The first kappa shape index (κ1) is 12.7. The van der Waals surface area contributed by atoms with Crippen molar-refractivity contribution in [2.24, 2.45) is 5.92 Å². The normalized spacial score (nSPS) is 28.7. The second kappa shape index (κ2) is 4.83. The van der Waals surface area contributed by atoms with Gasteiger partial charge in [0.25, 0.3) is 0 Å². The molecule has 0 N–H and O–H groups in total. The average molecular weight is 247 g/mol.